The molecule has 3 heterocycles. The summed E-state index contributed by atoms with van der Waals surface area (Å²) in [6, 6.07) is 7.61. The van der Waals surface area contributed by atoms with Gasteiger partial charge in [0.2, 0.25) is 5.95 Å². The van der Waals surface area contributed by atoms with Crippen molar-refractivity contribution in [1.82, 2.24) is 14.3 Å². The Morgan fingerprint density at radius 1 is 1.00 bits per heavy atom. The van der Waals surface area contributed by atoms with Gasteiger partial charge in [0.25, 0.3) is 0 Å². The predicted octanol–water partition coefficient (Wildman–Crippen LogP) is 1.49. The first-order valence-corrected chi connectivity index (χ1v) is 11.9. The highest BCUT2D eigenvalue weighted by atomic mass is 32.2. The molecule has 2 aliphatic heterocycles. The Morgan fingerprint density at radius 2 is 1.62 bits per heavy atom. The lowest BCUT2D eigenvalue weighted by atomic mass is 10.0. The van der Waals surface area contributed by atoms with Crippen LogP contribution in [-0.4, -0.2) is 75.2 Å². The molecule has 2 fully saturated rings. The summed E-state index contributed by atoms with van der Waals surface area (Å²) in [5, 5.41) is 0. The van der Waals surface area contributed by atoms with E-state index in [4.69, 9.17) is 13.7 Å². The summed E-state index contributed by atoms with van der Waals surface area (Å²) in [6.45, 7) is 2.05. The maximum atomic E-state index is 12.5. The number of benzene rings is 1. The number of carbonyl (C=O) groups excluding carboxylic acids is 1. The summed E-state index contributed by atoms with van der Waals surface area (Å²) in [4.78, 5) is 23.0. The van der Waals surface area contributed by atoms with E-state index in [0.29, 0.717) is 45.1 Å². The van der Waals surface area contributed by atoms with Gasteiger partial charge in [-0.05, 0) is 30.5 Å². The van der Waals surface area contributed by atoms with E-state index in [-0.39, 0.29) is 13.1 Å². The van der Waals surface area contributed by atoms with Crippen LogP contribution in [0.25, 0.3) is 11.1 Å². The molecule has 32 heavy (non-hydrogen) atoms. The van der Waals surface area contributed by atoms with Gasteiger partial charge < -0.3 is 18.6 Å². The van der Waals surface area contributed by atoms with Crippen molar-refractivity contribution in [2.45, 2.75) is 12.8 Å². The van der Waals surface area contributed by atoms with Crippen molar-refractivity contribution in [1.29, 1.82) is 0 Å². The quantitative estimate of drug-likeness (QED) is 0.630. The van der Waals surface area contributed by atoms with E-state index in [0.717, 1.165) is 16.9 Å². The number of rotatable bonds is 6. The molecule has 0 N–H and O–H groups in total. The molecule has 0 bridgehead atoms. The lowest BCUT2D eigenvalue weighted by Crippen LogP contribution is -2.50. The summed E-state index contributed by atoms with van der Waals surface area (Å²) in [5.74, 6) is 0.168. The van der Waals surface area contributed by atoms with Crippen molar-refractivity contribution in [3.63, 3.8) is 0 Å². The van der Waals surface area contributed by atoms with E-state index in [1.54, 1.807) is 19.5 Å². The first-order valence-electron chi connectivity index (χ1n) is 10.5. The number of piperazine rings is 1. The van der Waals surface area contributed by atoms with Crippen LogP contribution in [0.4, 0.5) is 5.95 Å². The third kappa shape index (κ3) is 5.17. The van der Waals surface area contributed by atoms with Crippen LogP contribution < -0.4 is 9.64 Å². The molecule has 2 aromatic rings. The van der Waals surface area contributed by atoms with Gasteiger partial charge in [0.15, 0.2) is 0 Å². The molecule has 0 radical (unpaired) electrons. The fourth-order valence-electron chi connectivity index (χ4n) is 3.69. The molecule has 172 valence electrons. The SMILES string of the molecule is COc1ccc(-c2cnc(N3CCN(S(=O)(=O)OC(=O)C4CCOCC4)CC3)nc2)cc1. The van der Waals surface area contributed by atoms with Crippen LogP contribution in [0.1, 0.15) is 12.8 Å². The van der Waals surface area contributed by atoms with E-state index in [2.05, 4.69) is 9.97 Å². The predicted molar refractivity (Wildman–Crippen MR) is 116 cm³/mol. The van der Waals surface area contributed by atoms with E-state index in [9.17, 15) is 13.2 Å². The molecule has 0 atom stereocenters. The van der Waals surface area contributed by atoms with Gasteiger partial charge in [0.1, 0.15) is 5.75 Å². The lowest BCUT2D eigenvalue weighted by Gasteiger charge is -2.33. The third-order valence-electron chi connectivity index (χ3n) is 5.64. The number of carbonyl (C=O) groups is 1. The largest absolute Gasteiger partial charge is 0.497 e. The molecule has 2 aliphatic rings. The van der Waals surface area contributed by atoms with Crippen molar-refractivity contribution >= 4 is 22.2 Å². The number of hydrogen-bond donors (Lipinski definition) is 0. The van der Waals surface area contributed by atoms with Gasteiger partial charge in [-0.15, -0.1) is 0 Å². The van der Waals surface area contributed by atoms with Crippen LogP contribution in [0.5, 0.6) is 5.75 Å². The van der Waals surface area contributed by atoms with Crippen LogP contribution in [-0.2, 0) is 24.0 Å². The molecule has 0 amide bonds. The zero-order chi connectivity index (χ0) is 22.6. The summed E-state index contributed by atoms with van der Waals surface area (Å²) >= 11 is 0. The van der Waals surface area contributed by atoms with Gasteiger partial charge in [-0.3, -0.25) is 4.79 Å². The highest BCUT2D eigenvalue weighted by molar-refractivity contribution is 7.84. The van der Waals surface area contributed by atoms with Gasteiger partial charge >= 0.3 is 16.3 Å². The number of methoxy groups -OCH3 is 1. The Hall–Kier alpha value is -2.76. The Kier molecular flexibility index (Phi) is 6.87. The van der Waals surface area contributed by atoms with E-state index >= 15 is 0 Å². The zero-order valence-electron chi connectivity index (χ0n) is 17.8. The maximum absolute atomic E-state index is 12.5. The van der Waals surface area contributed by atoms with Crippen molar-refractivity contribution < 1.29 is 26.9 Å². The fourth-order valence-corrected chi connectivity index (χ4v) is 4.75. The normalized spacial score (nSPS) is 18.3. The first kappa shape index (κ1) is 22.4. The number of aromatic nitrogens is 2. The van der Waals surface area contributed by atoms with Crippen LogP contribution >= 0.6 is 0 Å². The highest BCUT2D eigenvalue weighted by Gasteiger charge is 2.34. The molecule has 0 aliphatic carbocycles. The average molecular weight is 463 g/mol. The fraction of sp³-hybridized carbons (Fsp3) is 0.476. The topological polar surface area (TPSA) is 111 Å². The Labute approximate surface area is 187 Å². The monoisotopic (exact) mass is 462 g/mol. The molecule has 1 aromatic carbocycles. The summed E-state index contributed by atoms with van der Waals surface area (Å²) in [5.41, 5.74) is 1.84. The first-order chi connectivity index (χ1) is 15.5. The molecule has 1 aromatic heterocycles. The van der Waals surface area contributed by atoms with Gasteiger partial charge in [0.05, 0.1) is 13.0 Å². The molecule has 0 saturated carbocycles. The van der Waals surface area contributed by atoms with Gasteiger partial charge in [0, 0.05) is 57.3 Å². The Morgan fingerprint density at radius 3 is 2.22 bits per heavy atom. The van der Waals surface area contributed by atoms with Crippen molar-refractivity contribution in [3.05, 3.63) is 36.7 Å². The second-order valence-electron chi connectivity index (χ2n) is 7.63. The van der Waals surface area contributed by atoms with Gasteiger partial charge in [-0.2, -0.15) is 12.7 Å². The minimum Gasteiger partial charge on any atom is -0.497 e. The molecule has 4 rings (SSSR count). The molecule has 0 spiro atoms. The lowest BCUT2D eigenvalue weighted by molar-refractivity contribution is -0.141. The van der Waals surface area contributed by atoms with Crippen LogP contribution in [0, 0.1) is 5.92 Å². The Balaban J connectivity index is 1.33. The van der Waals surface area contributed by atoms with Gasteiger partial charge in [-0.25, -0.2) is 9.97 Å². The second kappa shape index (κ2) is 9.80. The smallest absolute Gasteiger partial charge is 0.387 e. The number of nitrogens with zero attached hydrogens (tertiary/aromatic N) is 4. The maximum Gasteiger partial charge on any atom is 0.387 e. The summed E-state index contributed by atoms with van der Waals surface area (Å²) in [7, 11) is -2.50. The summed E-state index contributed by atoms with van der Waals surface area (Å²) < 4.78 is 41.5. The molecular formula is C21H26N4O6S. The van der Waals surface area contributed by atoms with Crippen molar-refractivity contribution in [2.75, 3.05) is 51.4 Å². The number of ether oxygens (including phenoxy) is 2. The molecule has 2 saturated heterocycles. The number of hydrogen-bond acceptors (Lipinski definition) is 9. The third-order valence-corrected chi connectivity index (χ3v) is 7.01. The molecule has 0 unspecified atom stereocenters. The molecule has 10 nitrogen and oxygen atoms in total. The van der Waals surface area contributed by atoms with Crippen LogP contribution in [0.2, 0.25) is 0 Å². The Bertz CT molecular complexity index is 1020. The standard InChI is InChI=1S/C21H26N4O6S/c1-29-19-4-2-16(3-5-19)18-14-22-21(23-15-18)24-8-10-25(11-9-24)32(27,28)31-20(26)17-6-12-30-13-7-17/h2-5,14-15,17H,6-13H2,1H3. The average Bonchev–Trinajstić information content (AvgIpc) is 2.84. The van der Waals surface area contributed by atoms with E-state index in [1.165, 1.54) is 4.31 Å². The van der Waals surface area contributed by atoms with Crippen LogP contribution in [0.3, 0.4) is 0 Å². The zero-order valence-corrected chi connectivity index (χ0v) is 18.7. The highest BCUT2D eigenvalue weighted by Crippen LogP contribution is 2.23. The minimum atomic E-state index is -4.12. The minimum absolute atomic E-state index is 0.187. The molecular weight excluding hydrogens is 436 g/mol. The molecule has 11 heteroatoms. The van der Waals surface area contributed by atoms with E-state index in [1.807, 2.05) is 29.2 Å². The van der Waals surface area contributed by atoms with Crippen molar-refractivity contribution in [3.8, 4) is 16.9 Å². The second-order valence-corrected chi connectivity index (χ2v) is 9.17. The van der Waals surface area contributed by atoms with Gasteiger partial charge in [-0.1, -0.05) is 12.1 Å². The van der Waals surface area contributed by atoms with Crippen LogP contribution in [0.15, 0.2) is 36.7 Å². The van der Waals surface area contributed by atoms with E-state index < -0.39 is 22.2 Å². The van der Waals surface area contributed by atoms with Crippen molar-refractivity contribution in [2.24, 2.45) is 5.92 Å². The summed E-state index contributed by atoms with van der Waals surface area (Å²) in [6.07, 6.45) is 4.43. The number of anilines is 1.